The van der Waals surface area contributed by atoms with Crippen molar-refractivity contribution in [1.29, 1.82) is 0 Å². The zero-order valence-corrected chi connectivity index (χ0v) is 100.0. The van der Waals surface area contributed by atoms with Crippen LogP contribution in [0.15, 0.2) is 152 Å². The van der Waals surface area contributed by atoms with Gasteiger partial charge in [0.05, 0.1) is 16.7 Å². The van der Waals surface area contributed by atoms with Gasteiger partial charge in [-0.05, 0) is 104 Å². The Balaban J connectivity index is 0.000000870. The fraction of sp³-hybridized carbons (Fsp3) is 0.419. The molecule has 0 heterocycles. The second kappa shape index (κ2) is 58.3. The van der Waals surface area contributed by atoms with Crippen LogP contribution in [0.25, 0.3) is 0 Å². The molecule has 0 unspecified atom stereocenters. The number of anilines is 4. The first-order chi connectivity index (χ1) is 65.5. The quantitative estimate of drug-likeness (QED) is 0.0386. The summed E-state index contributed by atoms with van der Waals surface area (Å²) in [5, 5.41) is 52.1. The van der Waals surface area contributed by atoms with Gasteiger partial charge in [0.1, 0.15) is 51.8 Å². The van der Waals surface area contributed by atoms with E-state index >= 15 is 0 Å². The number of benzene rings is 9. The number of hydrogen-bond donors (Lipinski definition) is 5. The summed E-state index contributed by atoms with van der Waals surface area (Å²) in [6.07, 6.45) is -14.2. The molecule has 5 N–H and O–H groups in total. The summed E-state index contributed by atoms with van der Waals surface area (Å²) in [6, 6.07) is 30.9. The van der Waals surface area contributed by atoms with E-state index in [1.165, 1.54) is 77.3 Å². The summed E-state index contributed by atoms with van der Waals surface area (Å²) in [5.41, 5.74) is -1.97. The first-order valence-electron chi connectivity index (χ1n) is 41.3. The van der Waals surface area contributed by atoms with Crippen LogP contribution < -0.4 is 19.6 Å². The third kappa shape index (κ3) is 37.8. The number of halogens is 36. The maximum atomic E-state index is 14.2. The van der Waals surface area contributed by atoms with Gasteiger partial charge in [-0.3, -0.25) is 4.90 Å². The molecule has 10 rings (SSSR count). The van der Waals surface area contributed by atoms with Crippen LogP contribution in [0.4, 0.5) is 137 Å². The van der Waals surface area contributed by atoms with Crippen LogP contribution in [0.2, 0.25) is 0 Å². The summed E-state index contributed by atoms with van der Waals surface area (Å²) in [6.45, 7) is 27.1. The molecule has 9 aromatic rings. The molecule has 10 nitrogen and oxygen atoms in total. The van der Waals surface area contributed by atoms with Crippen molar-refractivity contribution < 1.29 is 244 Å². The molecule has 1 aliphatic carbocycles. The minimum atomic E-state index is -7.00. The van der Waals surface area contributed by atoms with E-state index < -0.39 is 239 Å². The summed E-state index contributed by atoms with van der Waals surface area (Å²) < 4.78 is 351. The standard InChI is InChI=1S/C20H21F6NO.C19H22F3NO.C18H19F10NO.C18H18F5NO.C18H21F2NO.10ClH.5Zr/c1-18(2,3)16-7-5-6-12(17(16)28)11-27(4)15-9-13(19(21,22)23)8-14(10-15)20(24,25)26;1-18(2,3)15-10-7-8-13(17(15)24)12-23(4)16-11-6-5-9-14(16)19(20,21)22;1-13(2,3)10-7-5-6-9(11(10)30)8-29(4)12-14(19,20)16(23,24)18(27,28)17(25,26)15(12,21)22;1-18(2,3)10-7-5-6-9(17(10)25)8-24(4)16-14(22)12(20)11(19)13(21)15(16)23;1-18(2,3)13-8-5-7-12(17(13)22)11-21(4)16-14(19)9-6-10-15(16)20;;;;;;;;;;;;;;;/h5-10,28H,11H2,1-4H3;5-11,24H,12H2,1-4H3;5-7,12,30H,8H2,1-4H3;5-7,25H,8H2,1-4H3;5-10,22H,11H2,1-4H3;10*1H;;;;;/q;;;;;;;;;;;;;;;5*+2/p-10. The molecule has 1 aliphatic rings. The summed E-state index contributed by atoms with van der Waals surface area (Å²) in [7, 11) is 55.5. The molecule has 0 aromatic heterocycles. The van der Waals surface area contributed by atoms with Crippen LogP contribution in [0.1, 0.15) is 176 Å². The van der Waals surface area contributed by atoms with Crippen molar-refractivity contribution in [1.82, 2.24) is 4.90 Å². The number of rotatable bonds is 15. The molecule has 0 aliphatic heterocycles. The van der Waals surface area contributed by atoms with Crippen LogP contribution in [-0.2, 0) is 183 Å². The van der Waals surface area contributed by atoms with Gasteiger partial charge in [-0.25, -0.2) is 30.7 Å². The van der Waals surface area contributed by atoms with Crippen LogP contribution >= 0.6 is 85.1 Å². The number of nitrogens with zero attached hydrogens (tertiary/aromatic N) is 5. The molecule has 1 saturated carbocycles. The van der Waals surface area contributed by atoms with E-state index in [0.29, 0.717) is 52.6 Å². The molecular formula is C93H101Cl10F26N5O5Zr5. The van der Waals surface area contributed by atoms with Gasteiger partial charge in [0.2, 0.25) is 5.82 Å². The molecule has 51 heteroatoms. The molecule has 0 amide bonds. The average molecular weight is 2670 g/mol. The Morgan fingerprint density at radius 2 is 0.507 bits per heavy atom. The van der Waals surface area contributed by atoms with Crippen LogP contribution in [-0.4, -0.2) is 101 Å². The molecule has 0 bridgehead atoms. The zero-order valence-electron chi connectivity index (χ0n) is 80.1. The average Bonchev–Trinajstić information content (AvgIpc) is 0.674. The molecule has 0 spiro atoms. The SMILES string of the molecule is CN(Cc1cccc(C(C)(C)C)c1O)C1C(F)(F)C(F)(F)C(F)(F)C(F)(F)C1(F)F.CN(Cc1cccc(C(C)(C)C)c1O)c1c(F)c(F)c(F)c(F)c1F.CN(Cc1cccc(C(C)(C)C)c1O)c1c(F)cccc1F.CN(Cc1cccc(C(C)(C)C)c1O)c1cc(C(F)(F)F)cc(C(F)(F)F)c1.CN(Cc1cccc(C(C)(C)C)c1O)c1ccccc1C(F)(F)F.[Cl][Zr][Cl].[Cl][Zr][Cl].[Cl][Zr][Cl].[Cl][Zr][Cl].[Cl][Zr][Cl]. The predicted molar refractivity (Wildman–Crippen MR) is 501 cm³/mol. The van der Waals surface area contributed by atoms with Gasteiger partial charge >= 0.3 is 238 Å². The number of para-hydroxylation sites is 7. The summed E-state index contributed by atoms with van der Waals surface area (Å²) in [4.78, 5) is 4.80. The van der Waals surface area contributed by atoms with Crippen molar-refractivity contribution in [2.45, 2.75) is 218 Å². The normalized spacial score (nSPS) is 14.0. The van der Waals surface area contributed by atoms with Gasteiger partial charge in [-0.2, -0.15) is 83.4 Å². The van der Waals surface area contributed by atoms with Gasteiger partial charge in [0, 0.05) is 100 Å². The van der Waals surface area contributed by atoms with Crippen LogP contribution in [0.3, 0.4) is 0 Å². The first-order valence-corrected chi connectivity index (χ1v) is 72.9. The van der Waals surface area contributed by atoms with Gasteiger partial charge in [0.15, 0.2) is 29.3 Å². The van der Waals surface area contributed by atoms with Crippen LogP contribution in [0.5, 0.6) is 28.7 Å². The third-order valence-electron chi connectivity index (χ3n) is 21.0. The fourth-order valence-electron chi connectivity index (χ4n) is 14.1. The fourth-order valence-corrected chi connectivity index (χ4v) is 14.1. The third-order valence-corrected chi connectivity index (χ3v) is 21.0. The zero-order chi connectivity index (χ0) is 112. The van der Waals surface area contributed by atoms with Crippen LogP contribution in [0, 0.1) is 40.7 Å². The van der Waals surface area contributed by atoms with Gasteiger partial charge in [0.25, 0.3) is 0 Å². The number of phenols is 5. The summed E-state index contributed by atoms with van der Waals surface area (Å²) in [5.74, 6) is -44.6. The van der Waals surface area contributed by atoms with E-state index in [-0.39, 0.29) is 110 Å². The number of hydrogen-bond acceptors (Lipinski definition) is 10. The Kier molecular flexibility index (Phi) is 56.1. The van der Waals surface area contributed by atoms with Gasteiger partial charge < -0.3 is 45.1 Å². The van der Waals surface area contributed by atoms with Crippen molar-refractivity contribution in [2.24, 2.45) is 0 Å². The van der Waals surface area contributed by atoms with E-state index in [1.54, 1.807) is 83.4 Å². The molecule has 0 radical (unpaired) electrons. The summed E-state index contributed by atoms with van der Waals surface area (Å²) >= 11 is -4.13. The van der Waals surface area contributed by atoms with E-state index in [4.69, 9.17) is 85.1 Å². The molecule has 1 fully saturated rings. The second-order valence-corrected chi connectivity index (χ2v) is 55.3. The predicted octanol–water partition coefficient (Wildman–Crippen LogP) is 33.9. The Bertz CT molecular complexity index is 5470. The monoisotopic (exact) mass is 2660 g/mol. The second-order valence-electron chi connectivity index (χ2n) is 36.7. The Hall–Kier alpha value is -3.36. The molecular weight excluding hydrogens is 2570 g/mol. The van der Waals surface area contributed by atoms with Crippen molar-refractivity contribution in [3.05, 3.63) is 265 Å². The van der Waals surface area contributed by atoms with Crippen molar-refractivity contribution in [2.75, 3.05) is 54.8 Å². The number of aromatic hydroxyl groups is 5. The van der Waals surface area contributed by atoms with E-state index in [0.717, 1.165) is 28.2 Å². The molecule has 800 valence electrons. The maximum absolute atomic E-state index is 14.2. The van der Waals surface area contributed by atoms with Gasteiger partial charge in [-0.15, -0.1) is 0 Å². The number of phenolic OH excluding ortho intramolecular Hbond substituents is 5. The Morgan fingerprint density at radius 3 is 0.771 bits per heavy atom. The Labute approximate surface area is 912 Å². The molecule has 0 atom stereocenters. The first kappa shape index (κ1) is 139. The number of alkyl halides is 19. The molecule has 9 aromatic carbocycles. The van der Waals surface area contributed by atoms with Gasteiger partial charge in [-0.1, -0.05) is 213 Å². The van der Waals surface area contributed by atoms with Crippen molar-refractivity contribution in [3.63, 3.8) is 0 Å². The van der Waals surface area contributed by atoms with E-state index in [1.807, 2.05) is 107 Å². The molecule has 0 saturated heterocycles. The van der Waals surface area contributed by atoms with E-state index in [2.05, 4.69) is 0 Å². The minimum absolute atomic E-state index is 0.0233. The Morgan fingerprint density at radius 1 is 0.278 bits per heavy atom. The van der Waals surface area contributed by atoms with Crippen molar-refractivity contribution in [3.8, 4) is 28.7 Å². The van der Waals surface area contributed by atoms with Crippen molar-refractivity contribution >= 4 is 108 Å². The molecule has 144 heavy (non-hydrogen) atoms. The van der Waals surface area contributed by atoms with E-state index in [9.17, 15) is 140 Å². The topological polar surface area (TPSA) is 117 Å².